The van der Waals surface area contributed by atoms with E-state index in [0.29, 0.717) is 38.4 Å². The standard InChI is InChI=1S/C24H28FN3O3S/c25-21-8-1-2-9-23(21)26-13-15-27(16-14-26)32(30,31)20-10-11-22-19(17-20)7-4-12-28(22)24(29)18-5-3-6-18/h1-2,8-11,17-18H,3-7,12-16H2. The maximum Gasteiger partial charge on any atom is 0.243 e. The van der Waals surface area contributed by atoms with E-state index < -0.39 is 10.0 Å². The summed E-state index contributed by atoms with van der Waals surface area (Å²) in [7, 11) is -3.65. The number of fused-ring (bicyclic) bond motifs is 1. The Bertz CT molecular complexity index is 1130. The molecule has 2 fully saturated rings. The summed E-state index contributed by atoms with van der Waals surface area (Å²) in [4.78, 5) is 16.8. The minimum atomic E-state index is -3.65. The number of rotatable bonds is 4. The fourth-order valence-corrected chi connectivity index (χ4v) is 6.34. The van der Waals surface area contributed by atoms with Crippen molar-refractivity contribution < 1.29 is 17.6 Å². The monoisotopic (exact) mass is 457 g/mol. The summed E-state index contributed by atoms with van der Waals surface area (Å²) in [5, 5.41) is 0. The molecule has 2 aliphatic heterocycles. The van der Waals surface area contributed by atoms with E-state index in [1.165, 1.54) is 10.4 Å². The number of carbonyl (C=O) groups excluding carboxylic acids is 1. The second kappa shape index (κ2) is 8.48. The molecule has 32 heavy (non-hydrogen) atoms. The molecule has 1 amide bonds. The lowest BCUT2D eigenvalue weighted by atomic mass is 9.83. The molecule has 1 aliphatic carbocycles. The number of anilines is 2. The number of hydrogen-bond donors (Lipinski definition) is 0. The Balaban J connectivity index is 1.32. The number of sulfonamides is 1. The first-order valence-corrected chi connectivity index (χ1v) is 12.8. The lowest BCUT2D eigenvalue weighted by molar-refractivity contribution is -0.124. The van der Waals surface area contributed by atoms with Gasteiger partial charge in [0.05, 0.1) is 10.6 Å². The van der Waals surface area contributed by atoms with Crippen molar-refractivity contribution in [2.45, 2.75) is 37.0 Å². The quantitative estimate of drug-likeness (QED) is 0.706. The lowest BCUT2D eigenvalue weighted by Gasteiger charge is -2.36. The number of benzene rings is 2. The Morgan fingerprint density at radius 2 is 1.66 bits per heavy atom. The molecule has 0 spiro atoms. The molecular formula is C24H28FN3O3S. The van der Waals surface area contributed by atoms with Gasteiger partial charge in [0.15, 0.2) is 0 Å². The van der Waals surface area contributed by atoms with Crippen molar-refractivity contribution in [3.8, 4) is 0 Å². The highest BCUT2D eigenvalue weighted by atomic mass is 32.2. The van der Waals surface area contributed by atoms with Gasteiger partial charge in [-0.25, -0.2) is 12.8 Å². The zero-order chi connectivity index (χ0) is 22.3. The van der Waals surface area contributed by atoms with E-state index in [9.17, 15) is 17.6 Å². The molecule has 0 atom stereocenters. The predicted molar refractivity (Wildman–Crippen MR) is 122 cm³/mol. The number of amides is 1. The van der Waals surface area contributed by atoms with Gasteiger partial charge in [0.2, 0.25) is 15.9 Å². The number of halogens is 1. The zero-order valence-electron chi connectivity index (χ0n) is 18.0. The van der Waals surface area contributed by atoms with Crippen molar-refractivity contribution in [3.05, 3.63) is 53.8 Å². The Morgan fingerprint density at radius 3 is 2.34 bits per heavy atom. The first kappa shape index (κ1) is 21.4. The average Bonchev–Trinajstić information content (AvgIpc) is 2.77. The van der Waals surface area contributed by atoms with Crippen molar-refractivity contribution in [2.75, 3.05) is 42.5 Å². The van der Waals surface area contributed by atoms with Crippen LogP contribution in [0.3, 0.4) is 0 Å². The maximum absolute atomic E-state index is 14.1. The fourth-order valence-electron chi connectivity index (χ4n) is 4.87. The highest BCUT2D eigenvalue weighted by molar-refractivity contribution is 7.89. The van der Waals surface area contributed by atoms with Gasteiger partial charge in [-0.15, -0.1) is 0 Å². The topological polar surface area (TPSA) is 60.9 Å². The maximum atomic E-state index is 14.1. The Morgan fingerprint density at radius 1 is 0.906 bits per heavy atom. The number of para-hydroxylation sites is 1. The molecular weight excluding hydrogens is 429 g/mol. The van der Waals surface area contributed by atoms with Gasteiger partial charge in [0.1, 0.15) is 5.82 Å². The molecule has 3 aliphatic rings. The van der Waals surface area contributed by atoms with Crippen LogP contribution in [0.15, 0.2) is 47.4 Å². The molecule has 5 rings (SSSR count). The largest absolute Gasteiger partial charge is 0.367 e. The highest BCUT2D eigenvalue weighted by Gasteiger charge is 2.34. The minimum absolute atomic E-state index is 0.120. The van der Waals surface area contributed by atoms with Gasteiger partial charge in [-0.3, -0.25) is 4.79 Å². The molecule has 0 aromatic heterocycles. The van der Waals surface area contributed by atoms with Gasteiger partial charge >= 0.3 is 0 Å². The second-order valence-electron chi connectivity index (χ2n) is 8.85. The summed E-state index contributed by atoms with van der Waals surface area (Å²) < 4.78 is 42.2. The summed E-state index contributed by atoms with van der Waals surface area (Å²) in [6.45, 7) is 2.19. The molecule has 1 saturated carbocycles. The summed E-state index contributed by atoms with van der Waals surface area (Å²) in [5.74, 6) is 0.00618. The highest BCUT2D eigenvalue weighted by Crippen LogP contribution is 2.35. The third-order valence-electron chi connectivity index (χ3n) is 6.96. The van der Waals surface area contributed by atoms with E-state index in [0.717, 1.165) is 43.4 Å². The van der Waals surface area contributed by atoms with Crippen molar-refractivity contribution in [1.82, 2.24) is 4.31 Å². The average molecular weight is 458 g/mol. The molecule has 2 aromatic rings. The molecule has 8 heteroatoms. The smallest absolute Gasteiger partial charge is 0.243 e. The number of aryl methyl sites for hydroxylation is 1. The summed E-state index contributed by atoms with van der Waals surface area (Å²) >= 11 is 0. The first-order chi connectivity index (χ1) is 15.4. The Hall–Kier alpha value is -2.45. The zero-order valence-corrected chi connectivity index (χ0v) is 18.9. The van der Waals surface area contributed by atoms with E-state index in [1.807, 2.05) is 9.80 Å². The van der Waals surface area contributed by atoms with Gasteiger partial charge in [0.25, 0.3) is 0 Å². The summed E-state index contributed by atoms with van der Waals surface area (Å²) in [5.41, 5.74) is 2.29. The van der Waals surface area contributed by atoms with Gasteiger partial charge in [-0.05, 0) is 61.6 Å². The second-order valence-corrected chi connectivity index (χ2v) is 10.8. The van der Waals surface area contributed by atoms with Crippen LogP contribution in [0.2, 0.25) is 0 Å². The fraction of sp³-hybridized carbons (Fsp3) is 0.458. The number of piperazine rings is 1. The minimum Gasteiger partial charge on any atom is -0.367 e. The van der Waals surface area contributed by atoms with E-state index in [1.54, 1.807) is 36.4 Å². The molecule has 0 N–H and O–H groups in total. The van der Waals surface area contributed by atoms with Gasteiger partial charge in [-0.1, -0.05) is 18.6 Å². The molecule has 6 nitrogen and oxygen atoms in total. The predicted octanol–water partition coefficient (Wildman–Crippen LogP) is 3.42. The van der Waals surface area contributed by atoms with Crippen LogP contribution in [0.5, 0.6) is 0 Å². The van der Waals surface area contributed by atoms with Crippen molar-refractivity contribution >= 4 is 27.3 Å². The number of carbonyl (C=O) groups is 1. The van der Waals surface area contributed by atoms with Crippen LogP contribution in [0, 0.1) is 11.7 Å². The number of hydrogen-bond acceptors (Lipinski definition) is 4. The summed E-state index contributed by atoms with van der Waals surface area (Å²) in [6, 6.07) is 11.7. The lowest BCUT2D eigenvalue weighted by Crippen LogP contribution is -2.49. The van der Waals surface area contributed by atoms with Crippen LogP contribution in [-0.4, -0.2) is 51.4 Å². The Kier molecular flexibility index (Phi) is 5.67. The molecule has 2 heterocycles. The molecule has 170 valence electrons. The van der Waals surface area contributed by atoms with Crippen LogP contribution >= 0.6 is 0 Å². The Labute approximate surface area is 188 Å². The number of nitrogens with zero attached hydrogens (tertiary/aromatic N) is 3. The van der Waals surface area contributed by atoms with E-state index >= 15 is 0 Å². The molecule has 1 saturated heterocycles. The molecule has 0 radical (unpaired) electrons. The van der Waals surface area contributed by atoms with Crippen molar-refractivity contribution in [1.29, 1.82) is 0 Å². The molecule has 0 unspecified atom stereocenters. The van der Waals surface area contributed by atoms with Gasteiger partial charge in [0, 0.05) is 44.3 Å². The third-order valence-corrected chi connectivity index (χ3v) is 8.85. The van der Waals surface area contributed by atoms with Crippen molar-refractivity contribution in [3.63, 3.8) is 0 Å². The SMILES string of the molecule is O=C(C1CCC1)N1CCCc2cc(S(=O)(=O)N3CCN(c4ccccc4F)CC3)ccc21. The summed E-state index contributed by atoms with van der Waals surface area (Å²) in [6.07, 6.45) is 4.63. The van der Waals surface area contributed by atoms with Gasteiger partial charge in [-0.2, -0.15) is 4.31 Å². The van der Waals surface area contributed by atoms with E-state index in [-0.39, 0.29) is 22.5 Å². The molecule has 0 bridgehead atoms. The molecule has 2 aromatic carbocycles. The normalized spacial score (nSPS) is 20.0. The first-order valence-electron chi connectivity index (χ1n) is 11.4. The van der Waals surface area contributed by atoms with Crippen LogP contribution < -0.4 is 9.80 Å². The van der Waals surface area contributed by atoms with Crippen LogP contribution in [-0.2, 0) is 21.2 Å². The van der Waals surface area contributed by atoms with Crippen LogP contribution in [0.25, 0.3) is 0 Å². The van der Waals surface area contributed by atoms with E-state index in [2.05, 4.69) is 0 Å². The van der Waals surface area contributed by atoms with Gasteiger partial charge < -0.3 is 9.80 Å². The van der Waals surface area contributed by atoms with Crippen LogP contribution in [0.4, 0.5) is 15.8 Å². The van der Waals surface area contributed by atoms with Crippen molar-refractivity contribution in [2.24, 2.45) is 5.92 Å². The van der Waals surface area contributed by atoms with E-state index in [4.69, 9.17) is 0 Å². The van der Waals surface area contributed by atoms with Crippen LogP contribution in [0.1, 0.15) is 31.2 Å². The third kappa shape index (κ3) is 3.79.